The number of anilines is 2. The number of alkyl halides is 3. The molecule has 5 aromatic carbocycles. The van der Waals surface area contributed by atoms with E-state index >= 15 is 0 Å². The number of hydrogen-bond acceptors (Lipinski definition) is 5. The molecular weight excluding hydrogens is 547 g/mol. The monoisotopic (exact) mass is 573 g/mol. The van der Waals surface area contributed by atoms with E-state index in [0.29, 0.717) is 16.8 Å². The molecule has 5 rings (SSSR count). The van der Waals surface area contributed by atoms with Gasteiger partial charge < -0.3 is 24.7 Å². The number of carboxylic acids is 1. The highest BCUT2D eigenvalue weighted by atomic mass is 19.4. The first-order chi connectivity index (χ1) is 20.3. The molecule has 2 N–H and O–H groups in total. The van der Waals surface area contributed by atoms with Crippen molar-refractivity contribution in [3.05, 3.63) is 126 Å². The molecule has 9 heteroatoms. The van der Waals surface area contributed by atoms with Crippen molar-refractivity contribution in [2.75, 3.05) is 5.32 Å². The fraction of sp³-hybridized carbons (Fsp3) is 0.0606. The van der Waals surface area contributed by atoms with Crippen LogP contribution in [0, 0.1) is 0 Å². The molecular formula is C33H26F3NO5. The average Bonchev–Trinajstić information content (AvgIpc) is 3.02. The van der Waals surface area contributed by atoms with Crippen molar-refractivity contribution in [2.24, 2.45) is 0 Å². The molecule has 214 valence electrons. The molecule has 0 saturated carbocycles. The number of carbonyl (C=O) groups is 3. The first-order valence-corrected chi connectivity index (χ1v) is 12.4. The van der Waals surface area contributed by atoms with Gasteiger partial charge in [0.25, 0.3) is 0 Å². The Kier molecular flexibility index (Phi) is 10.6. The lowest BCUT2D eigenvalue weighted by atomic mass is 9.97. The highest BCUT2D eigenvalue weighted by molar-refractivity contribution is 5.97. The first kappa shape index (κ1) is 31.1. The highest BCUT2D eigenvalue weighted by Crippen LogP contribution is 2.33. The van der Waals surface area contributed by atoms with Crippen molar-refractivity contribution in [3.63, 3.8) is 0 Å². The molecule has 0 aromatic heterocycles. The van der Waals surface area contributed by atoms with Crippen LogP contribution in [0.1, 0.15) is 21.5 Å². The third-order valence-electron chi connectivity index (χ3n) is 6.16. The maximum Gasteiger partial charge on any atom is 0.416 e. The molecule has 5 aromatic rings. The predicted octanol–water partition coefficient (Wildman–Crippen LogP) is 8.18. The van der Waals surface area contributed by atoms with Crippen LogP contribution in [-0.4, -0.2) is 24.7 Å². The maximum atomic E-state index is 13.1. The zero-order valence-corrected chi connectivity index (χ0v) is 22.2. The van der Waals surface area contributed by atoms with Crippen molar-refractivity contribution in [3.8, 4) is 16.9 Å². The topological polar surface area (TPSA) is 92.7 Å². The van der Waals surface area contributed by atoms with Gasteiger partial charge in [-0.2, -0.15) is 13.2 Å². The van der Waals surface area contributed by atoms with Gasteiger partial charge in [0, 0.05) is 5.69 Å². The van der Waals surface area contributed by atoms with Crippen LogP contribution in [0.3, 0.4) is 0 Å². The van der Waals surface area contributed by atoms with E-state index in [1.165, 1.54) is 12.1 Å². The van der Waals surface area contributed by atoms with Crippen molar-refractivity contribution < 1.29 is 37.4 Å². The van der Waals surface area contributed by atoms with Gasteiger partial charge in [-0.25, -0.2) is 4.79 Å². The van der Waals surface area contributed by atoms with E-state index in [0.717, 1.165) is 34.2 Å². The molecule has 6 nitrogen and oxygen atoms in total. The normalized spacial score (nSPS) is 10.5. The number of nitrogens with one attached hydrogen (secondary N) is 1. The Morgan fingerprint density at radius 2 is 1.45 bits per heavy atom. The van der Waals surface area contributed by atoms with Crippen LogP contribution in [0.5, 0.6) is 5.75 Å². The Hall–Kier alpha value is -5.44. The zero-order valence-electron chi connectivity index (χ0n) is 22.2. The van der Waals surface area contributed by atoms with Gasteiger partial charge in [0.15, 0.2) is 0 Å². The van der Waals surface area contributed by atoms with Gasteiger partial charge in [0.1, 0.15) is 25.9 Å². The van der Waals surface area contributed by atoms with Crippen LogP contribution in [0.25, 0.3) is 21.9 Å². The maximum absolute atomic E-state index is 13.1. The second-order valence-electron chi connectivity index (χ2n) is 8.72. The van der Waals surface area contributed by atoms with Crippen LogP contribution in [0.2, 0.25) is 0 Å². The number of halogens is 3. The summed E-state index contributed by atoms with van der Waals surface area (Å²) in [4.78, 5) is 28.2. The molecule has 0 fully saturated rings. The highest BCUT2D eigenvalue weighted by Gasteiger charge is 2.30. The van der Waals surface area contributed by atoms with E-state index in [9.17, 15) is 23.1 Å². The fourth-order valence-electron chi connectivity index (χ4n) is 4.27. The van der Waals surface area contributed by atoms with E-state index in [-0.39, 0.29) is 17.9 Å². The lowest BCUT2D eigenvalue weighted by molar-refractivity contribution is -0.137. The summed E-state index contributed by atoms with van der Waals surface area (Å²) in [5.41, 5.74) is 2.57. The molecule has 0 saturated heterocycles. The van der Waals surface area contributed by atoms with Gasteiger partial charge in [-0.1, -0.05) is 66.7 Å². The van der Waals surface area contributed by atoms with Gasteiger partial charge in [-0.15, -0.1) is 0 Å². The lowest BCUT2D eigenvalue weighted by Crippen LogP contribution is -2.06. The summed E-state index contributed by atoms with van der Waals surface area (Å²) in [6.45, 7) is 4.01. The Balaban J connectivity index is 0.00000116. The number of hydrogen-bond donors (Lipinski definition) is 2. The van der Waals surface area contributed by atoms with E-state index < -0.39 is 17.7 Å². The number of carboxylic acid groups (broad SMARTS) is 1. The molecule has 0 radical (unpaired) electrons. The number of fused-ring (bicyclic) bond motifs is 1. The average molecular weight is 574 g/mol. The number of benzene rings is 5. The van der Waals surface area contributed by atoms with Gasteiger partial charge >= 0.3 is 12.1 Å². The minimum atomic E-state index is -4.47. The molecule has 0 aliphatic rings. The number of carbonyl (C=O) groups excluding carboxylic acids is 2. The SMILES string of the molecule is C=O.C=O.O=C(O)c1cc(-c2ccccc2COc2cccc(C(F)(F)F)c2)ccc1Nc1ccc2ccccc2c1. The van der Waals surface area contributed by atoms with E-state index in [4.69, 9.17) is 14.3 Å². The van der Waals surface area contributed by atoms with Crippen molar-refractivity contribution in [1.29, 1.82) is 0 Å². The Morgan fingerprint density at radius 1 is 0.762 bits per heavy atom. The van der Waals surface area contributed by atoms with Gasteiger partial charge in [0.2, 0.25) is 0 Å². The second kappa shape index (κ2) is 14.3. The summed E-state index contributed by atoms with van der Waals surface area (Å²) in [6, 6.07) is 30.7. The van der Waals surface area contributed by atoms with Crippen molar-refractivity contribution in [2.45, 2.75) is 12.8 Å². The van der Waals surface area contributed by atoms with Crippen molar-refractivity contribution in [1.82, 2.24) is 0 Å². The fourth-order valence-corrected chi connectivity index (χ4v) is 4.27. The van der Waals surface area contributed by atoms with Gasteiger partial charge in [-0.05, 0) is 69.9 Å². The predicted molar refractivity (Wildman–Crippen MR) is 156 cm³/mol. The van der Waals surface area contributed by atoms with Gasteiger partial charge in [0.05, 0.1) is 16.8 Å². The summed E-state index contributed by atoms with van der Waals surface area (Å²) < 4.78 is 44.8. The standard InChI is InChI=1S/C31H22F3NO3.2CH2O/c32-31(33,34)24-9-5-10-26(18-24)38-19-23-8-3-4-11-27(23)22-13-15-29(28(17-22)30(36)37)35-25-14-12-20-6-1-2-7-21(20)16-25;2*1-2/h1-18,35H,19H2,(H,36,37);2*1H2. The molecule has 0 unspecified atom stereocenters. The first-order valence-electron chi connectivity index (χ1n) is 12.4. The summed E-state index contributed by atoms with van der Waals surface area (Å²) in [5.74, 6) is -0.997. The van der Waals surface area contributed by atoms with Crippen LogP contribution >= 0.6 is 0 Å². The molecule has 0 aliphatic heterocycles. The lowest BCUT2D eigenvalue weighted by Gasteiger charge is -2.15. The minimum Gasteiger partial charge on any atom is -0.489 e. The van der Waals surface area contributed by atoms with Crippen LogP contribution in [0.15, 0.2) is 109 Å². The molecule has 0 bridgehead atoms. The smallest absolute Gasteiger partial charge is 0.416 e. The van der Waals surface area contributed by atoms with Crippen LogP contribution < -0.4 is 10.1 Å². The number of aromatic carboxylic acids is 1. The summed E-state index contributed by atoms with van der Waals surface area (Å²) in [7, 11) is 0. The number of ether oxygens (including phenoxy) is 1. The summed E-state index contributed by atoms with van der Waals surface area (Å²) in [5, 5.41) is 15.3. The van der Waals surface area contributed by atoms with E-state index in [1.54, 1.807) is 30.3 Å². The molecule has 0 spiro atoms. The minimum absolute atomic E-state index is 0.0109. The number of rotatable bonds is 7. The molecule has 0 heterocycles. The third kappa shape index (κ3) is 7.60. The van der Waals surface area contributed by atoms with Crippen LogP contribution in [-0.2, 0) is 22.4 Å². The van der Waals surface area contributed by atoms with Crippen LogP contribution in [0.4, 0.5) is 24.5 Å². The Morgan fingerprint density at radius 3 is 2.17 bits per heavy atom. The second-order valence-corrected chi connectivity index (χ2v) is 8.72. The zero-order chi connectivity index (χ0) is 30.7. The van der Waals surface area contributed by atoms with E-state index in [2.05, 4.69) is 5.32 Å². The molecule has 42 heavy (non-hydrogen) atoms. The largest absolute Gasteiger partial charge is 0.489 e. The molecule has 0 atom stereocenters. The van der Waals surface area contributed by atoms with Gasteiger partial charge in [-0.3, -0.25) is 0 Å². The van der Waals surface area contributed by atoms with E-state index in [1.807, 2.05) is 68.2 Å². The quantitative estimate of drug-likeness (QED) is 0.204. The third-order valence-corrected chi connectivity index (χ3v) is 6.16. The summed E-state index contributed by atoms with van der Waals surface area (Å²) >= 11 is 0. The molecule has 0 amide bonds. The Labute approximate surface area is 240 Å². The van der Waals surface area contributed by atoms with Crippen molar-refractivity contribution >= 4 is 41.7 Å². The Bertz CT molecular complexity index is 1670. The summed E-state index contributed by atoms with van der Waals surface area (Å²) in [6.07, 6.45) is -4.47. The molecule has 0 aliphatic carbocycles.